The Morgan fingerprint density at radius 3 is 3.00 bits per heavy atom. The average molecular weight is 264 g/mol. The number of aromatic nitrogens is 2. The molecule has 1 amide bonds. The molecular weight excluding hydrogens is 250 g/mol. The van der Waals surface area contributed by atoms with Crippen LogP contribution in [0.25, 0.3) is 0 Å². The molecule has 0 radical (unpaired) electrons. The van der Waals surface area contributed by atoms with E-state index in [4.69, 9.17) is 11.6 Å². The molecule has 0 aliphatic heterocycles. The molecule has 0 atom stereocenters. The van der Waals surface area contributed by atoms with Crippen LogP contribution >= 0.6 is 11.6 Å². The molecule has 2 aromatic rings. The van der Waals surface area contributed by atoms with Gasteiger partial charge in [0, 0.05) is 18.6 Å². The van der Waals surface area contributed by atoms with Crippen LogP contribution in [-0.4, -0.2) is 22.0 Å². The average Bonchev–Trinajstić information content (AvgIpc) is 2.75. The number of hydrogen-bond acceptors (Lipinski definition) is 2. The Kier molecular flexibility index (Phi) is 3.99. The first kappa shape index (κ1) is 12.6. The summed E-state index contributed by atoms with van der Waals surface area (Å²) in [6.07, 6.45) is 3.91. The highest BCUT2D eigenvalue weighted by molar-refractivity contribution is 6.30. The molecule has 18 heavy (non-hydrogen) atoms. The SMILES string of the molecule is Cn1cncc1C(=O)NCCc1cccc(Cl)c1. The van der Waals surface area contributed by atoms with Crippen LogP contribution in [0.3, 0.4) is 0 Å². The highest BCUT2D eigenvalue weighted by atomic mass is 35.5. The van der Waals surface area contributed by atoms with Gasteiger partial charge in [0.15, 0.2) is 0 Å². The zero-order valence-corrected chi connectivity index (χ0v) is 10.8. The van der Waals surface area contributed by atoms with Crippen LogP contribution in [0.2, 0.25) is 5.02 Å². The van der Waals surface area contributed by atoms with Gasteiger partial charge in [0.1, 0.15) is 5.69 Å². The van der Waals surface area contributed by atoms with Crippen molar-refractivity contribution >= 4 is 17.5 Å². The minimum Gasteiger partial charge on any atom is -0.350 e. The van der Waals surface area contributed by atoms with Gasteiger partial charge in [0.25, 0.3) is 5.91 Å². The van der Waals surface area contributed by atoms with Crippen molar-refractivity contribution in [2.24, 2.45) is 7.05 Å². The Hall–Kier alpha value is -1.81. The van der Waals surface area contributed by atoms with Crippen LogP contribution in [0, 0.1) is 0 Å². The van der Waals surface area contributed by atoms with Gasteiger partial charge in [-0.2, -0.15) is 0 Å². The number of halogens is 1. The number of aryl methyl sites for hydroxylation is 1. The number of benzene rings is 1. The van der Waals surface area contributed by atoms with E-state index in [1.165, 1.54) is 0 Å². The summed E-state index contributed by atoms with van der Waals surface area (Å²) in [6.45, 7) is 0.574. The maximum Gasteiger partial charge on any atom is 0.269 e. The molecule has 0 unspecified atom stereocenters. The van der Waals surface area contributed by atoms with Crippen LogP contribution in [0.15, 0.2) is 36.8 Å². The highest BCUT2D eigenvalue weighted by Crippen LogP contribution is 2.10. The summed E-state index contributed by atoms with van der Waals surface area (Å²) in [5, 5.41) is 3.56. The van der Waals surface area contributed by atoms with E-state index in [1.807, 2.05) is 24.3 Å². The van der Waals surface area contributed by atoms with Crippen molar-refractivity contribution < 1.29 is 4.79 Å². The minimum atomic E-state index is -0.114. The van der Waals surface area contributed by atoms with Gasteiger partial charge in [-0.25, -0.2) is 4.98 Å². The third-order valence-electron chi connectivity index (χ3n) is 2.64. The van der Waals surface area contributed by atoms with Crippen molar-refractivity contribution in [2.75, 3.05) is 6.54 Å². The van der Waals surface area contributed by atoms with Crippen molar-refractivity contribution in [1.82, 2.24) is 14.9 Å². The largest absolute Gasteiger partial charge is 0.350 e. The second kappa shape index (κ2) is 5.69. The fraction of sp³-hybridized carbons (Fsp3) is 0.231. The quantitative estimate of drug-likeness (QED) is 0.918. The minimum absolute atomic E-state index is 0.114. The monoisotopic (exact) mass is 263 g/mol. The summed E-state index contributed by atoms with van der Waals surface area (Å²) in [7, 11) is 1.79. The summed E-state index contributed by atoms with van der Waals surface area (Å²) >= 11 is 5.89. The molecule has 1 N–H and O–H groups in total. The first-order valence-electron chi connectivity index (χ1n) is 5.66. The van der Waals surface area contributed by atoms with Crippen molar-refractivity contribution in [3.63, 3.8) is 0 Å². The zero-order valence-electron chi connectivity index (χ0n) is 10.1. The Bertz CT molecular complexity index is 551. The maximum absolute atomic E-state index is 11.8. The normalized spacial score (nSPS) is 10.3. The van der Waals surface area contributed by atoms with E-state index in [2.05, 4.69) is 10.3 Å². The van der Waals surface area contributed by atoms with Gasteiger partial charge in [-0.05, 0) is 24.1 Å². The van der Waals surface area contributed by atoms with Gasteiger partial charge in [0.2, 0.25) is 0 Å². The third kappa shape index (κ3) is 3.11. The molecule has 0 saturated carbocycles. The lowest BCUT2D eigenvalue weighted by molar-refractivity contribution is 0.0946. The van der Waals surface area contributed by atoms with E-state index in [0.29, 0.717) is 17.3 Å². The van der Waals surface area contributed by atoms with Gasteiger partial charge < -0.3 is 9.88 Å². The fourth-order valence-corrected chi connectivity index (χ4v) is 1.89. The third-order valence-corrected chi connectivity index (χ3v) is 2.87. The molecule has 0 aliphatic rings. The van der Waals surface area contributed by atoms with Gasteiger partial charge in [0.05, 0.1) is 12.5 Å². The summed E-state index contributed by atoms with van der Waals surface area (Å²) < 4.78 is 1.69. The van der Waals surface area contributed by atoms with Crippen LogP contribution in [-0.2, 0) is 13.5 Å². The van der Waals surface area contributed by atoms with E-state index >= 15 is 0 Å². The second-order valence-corrected chi connectivity index (χ2v) is 4.46. The fourth-order valence-electron chi connectivity index (χ4n) is 1.68. The van der Waals surface area contributed by atoms with Gasteiger partial charge in [-0.3, -0.25) is 4.79 Å². The molecule has 94 valence electrons. The molecule has 1 heterocycles. The van der Waals surface area contributed by atoms with E-state index in [-0.39, 0.29) is 5.91 Å². The van der Waals surface area contributed by atoms with Gasteiger partial charge in [-0.1, -0.05) is 23.7 Å². The lowest BCUT2D eigenvalue weighted by Crippen LogP contribution is -2.27. The van der Waals surface area contributed by atoms with Gasteiger partial charge in [-0.15, -0.1) is 0 Å². The lowest BCUT2D eigenvalue weighted by Gasteiger charge is -2.05. The number of nitrogens with one attached hydrogen (secondary N) is 1. The molecule has 0 spiro atoms. The van der Waals surface area contributed by atoms with E-state index in [0.717, 1.165) is 12.0 Å². The summed E-state index contributed by atoms with van der Waals surface area (Å²) in [5.74, 6) is -0.114. The number of amides is 1. The number of hydrogen-bond donors (Lipinski definition) is 1. The van der Waals surface area contributed by atoms with E-state index in [9.17, 15) is 4.79 Å². The second-order valence-electron chi connectivity index (χ2n) is 4.03. The molecule has 0 aliphatic carbocycles. The zero-order chi connectivity index (χ0) is 13.0. The maximum atomic E-state index is 11.8. The van der Waals surface area contributed by atoms with Crippen molar-refractivity contribution in [1.29, 1.82) is 0 Å². The Balaban J connectivity index is 1.86. The lowest BCUT2D eigenvalue weighted by atomic mass is 10.1. The molecule has 2 rings (SSSR count). The van der Waals surface area contributed by atoms with Gasteiger partial charge >= 0.3 is 0 Å². The topological polar surface area (TPSA) is 46.9 Å². The molecular formula is C13H14ClN3O. The number of carbonyl (C=O) groups excluding carboxylic acids is 1. The highest BCUT2D eigenvalue weighted by Gasteiger charge is 2.08. The molecule has 0 fully saturated rings. The Morgan fingerprint density at radius 1 is 1.50 bits per heavy atom. The standard InChI is InChI=1S/C13H14ClN3O/c1-17-9-15-8-12(17)13(18)16-6-5-10-3-2-4-11(14)7-10/h2-4,7-9H,5-6H2,1H3,(H,16,18). The first-order valence-corrected chi connectivity index (χ1v) is 6.03. The predicted octanol–water partition coefficient (Wildman–Crippen LogP) is 2.05. The molecule has 0 saturated heterocycles. The van der Waals surface area contributed by atoms with Crippen molar-refractivity contribution in [3.05, 3.63) is 53.1 Å². The molecule has 0 bridgehead atoms. The summed E-state index contributed by atoms with van der Waals surface area (Å²) in [4.78, 5) is 15.7. The van der Waals surface area contributed by atoms with Crippen LogP contribution in [0.1, 0.15) is 16.1 Å². The molecule has 1 aromatic carbocycles. The number of carbonyl (C=O) groups is 1. The smallest absolute Gasteiger partial charge is 0.269 e. The molecule has 1 aromatic heterocycles. The number of nitrogens with zero attached hydrogens (tertiary/aromatic N) is 2. The van der Waals surface area contributed by atoms with Crippen LogP contribution in [0.4, 0.5) is 0 Å². The van der Waals surface area contributed by atoms with E-state index in [1.54, 1.807) is 24.1 Å². The predicted molar refractivity (Wildman–Crippen MR) is 70.7 cm³/mol. The molecule has 5 heteroatoms. The Morgan fingerprint density at radius 2 is 2.33 bits per heavy atom. The van der Waals surface area contributed by atoms with Crippen molar-refractivity contribution in [3.8, 4) is 0 Å². The summed E-state index contributed by atoms with van der Waals surface area (Å²) in [6, 6.07) is 7.62. The van der Waals surface area contributed by atoms with Crippen LogP contribution < -0.4 is 5.32 Å². The first-order chi connectivity index (χ1) is 8.66. The molecule has 4 nitrogen and oxygen atoms in total. The van der Waals surface area contributed by atoms with E-state index < -0.39 is 0 Å². The summed E-state index contributed by atoms with van der Waals surface area (Å²) in [5.41, 5.74) is 1.66. The number of imidazole rings is 1. The van der Waals surface area contributed by atoms with Crippen LogP contribution in [0.5, 0.6) is 0 Å². The number of rotatable bonds is 4. The Labute approximate surface area is 111 Å². The van der Waals surface area contributed by atoms with Crippen molar-refractivity contribution in [2.45, 2.75) is 6.42 Å².